The van der Waals surface area contributed by atoms with Crippen LogP contribution < -0.4 is 10.6 Å². The van der Waals surface area contributed by atoms with Crippen molar-refractivity contribution in [2.45, 2.75) is 65.1 Å². The number of halogens is 3. The number of rotatable bonds is 11. The number of nitrogens with one attached hydrogen (secondary N) is 2. The summed E-state index contributed by atoms with van der Waals surface area (Å²) in [6.45, 7) is 6.61. The van der Waals surface area contributed by atoms with Crippen LogP contribution in [0.3, 0.4) is 0 Å². The normalized spacial score (nSPS) is 12.6. The van der Waals surface area contributed by atoms with E-state index in [9.17, 15) is 4.79 Å². The summed E-state index contributed by atoms with van der Waals surface area (Å²) in [7, 11) is 0. The summed E-state index contributed by atoms with van der Waals surface area (Å²) in [6.07, 6.45) is 8.38. The highest BCUT2D eigenvalue weighted by atomic mass is 35.5. The van der Waals surface area contributed by atoms with Gasteiger partial charge in [-0.05, 0) is 56.9 Å². The Morgan fingerprint density at radius 3 is 2.50 bits per heavy atom. The molecule has 30 heavy (non-hydrogen) atoms. The van der Waals surface area contributed by atoms with Crippen molar-refractivity contribution in [3.05, 3.63) is 45.2 Å². The maximum absolute atomic E-state index is 13.0. The summed E-state index contributed by atoms with van der Waals surface area (Å²) in [4.78, 5) is 14.5. The molecule has 0 saturated heterocycles. The number of nitrogens with zero attached hydrogens (tertiary/aromatic N) is 4. The topological polar surface area (TPSA) is 84.7 Å². The van der Waals surface area contributed by atoms with E-state index in [4.69, 9.17) is 34.8 Å². The first-order chi connectivity index (χ1) is 14.3. The largest absolute Gasteiger partial charge is 0.322 e. The number of unbranched alkanes of at least 4 members (excludes halogenated alkanes) is 2. The van der Waals surface area contributed by atoms with Crippen molar-refractivity contribution in [1.82, 2.24) is 25.5 Å². The first-order valence-corrected chi connectivity index (χ1v) is 11.1. The first kappa shape index (κ1) is 24.6. The molecule has 1 heterocycles. The van der Waals surface area contributed by atoms with Crippen LogP contribution in [0.1, 0.15) is 58.3 Å². The molecule has 164 valence electrons. The smallest absolute Gasteiger partial charge is 0.249 e. The van der Waals surface area contributed by atoms with Crippen LogP contribution in [0.2, 0.25) is 15.1 Å². The molecule has 2 rings (SSSR count). The molecule has 1 unspecified atom stereocenters. The van der Waals surface area contributed by atoms with Gasteiger partial charge >= 0.3 is 0 Å². The van der Waals surface area contributed by atoms with E-state index in [1.165, 1.54) is 16.9 Å². The lowest BCUT2D eigenvalue weighted by atomic mass is 10.2. The van der Waals surface area contributed by atoms with E-state index < -0.39 is 6.04 Å². The van der Waals surface area contributed by atoms with E-state index in [0.717, 1.165) is 25.7 Å². The lowest BCUT2D eigenvalue weighted by Crippen LogP contribution is -2.37. The third-order valence-corrected chi connectivity index (χ3v) is 4.94. The summed E-state index contributed by atoms with van der Waals surface area (Å²) >= 11 is 18.3. The minimum atomic E-state index is -0.811. The lowest BCUT2D eigenvalue weighted by molar-refractivity contribution is -0.118. The molecule has 1 aromatic carbocycles. The molecular formula is C20H27Cl3N6O. The zero-order valence-electron chi connectivity index (χ0n) is 17.3. The molecule has 10 heteroatoms. The van der Waals surface area contributed by atoms with Gasteiger partial charge in [0.1, 0.15) is 0 Å². The predicted octanol–water partition coefficient (Wildman–Crippen LogP) is 5.45. The molecule has 0 bridgehead atoms. The second-order valence-corrected chi connectivity index (χ2v) is 8.36. The van der Waals surface area contributed by atoms with E-state index in [1.54, 1.807) is 0 Å². The molecule has 0 fully saturated rings. The number of benzene rings is 1. The number of carbonyl (C=O) groups is 1. The van der Waals surface area contributed by atoms with Gasteiger partial charge in [0.2, 0.25) is 11.7 Å². The van der Waals surface area contributed by atoms with Gasteiger partial charge in [-0.2, -0.15) is 4.80 Å². The Kier molecular flexibility index (Phi) is 10.0. The number of aryl methyl sites for hydroxylation is 1. The fraction of sp³-hybridized carbons (Fsp3) is 0.500. The number of hydrogen-bond donors (Lipinski definition) is 2. The summed E-state index contributed by atoms with van der Waals surface area (Å²) in [5.74, 6) is -0.104. The van der Waals surface area contributed by atoms with Gasteiger partial charge in [0.15, 0.2) is 6.04 Å². The SMILES string of the molecule is CCC=CCCCCn1nnc(C(NC(C)C)C(=O)Nc2c(Cl)cc(Cl)cc2Cl)n1. The molecule has 1 atom stereocenters. The van der Waals surface area contributed by atoms with Gasteiger partial charge < -0.3 is 5.32 Å². The van der Waals surface area contributed by atoms with Crippen molar-refractivity contribution in [2.24, 2.45) is 0 Å². The van der Waals surface area contributed by atoms with Gasteiger partial charge in [-0.15, -0.1) is 10.2 Å². The minimum Gasteiger partial charge on any atom is -0.322 e. The molecule has 0 spiro atoms. The van der Waals surface area contributed by atoms with E-state index in [0.29, 0.717) is 11.6 Å². The maximum Gasteiger partial charge on any atom is 0.249 e. The second kappa shape index (κ2) is 12.2. The fourth-order valence-electron chi connectivity index (χ4n) is 2.72. The molecule has 2 N–H and O–H groups in total. The van der Waals surface area contributed by atoms with E-state index in [1.807, 2.05) is 13.8 Å². The summed E-state index contributed by atoms with van der Waals surface area (Å²) < 4.78 is 0. The van der Waals surface area contributed by atoms with E-state index in [2.05, 4.69) is 45.1 Å². The quantitative estimate of drug-likeness (QED) is 0.335. The zero-order valence-corrected chi connectivity index (χ0v) is 19.6. The molecule has 2 aromatic rings. The molecule has 0 aliphatic carbocycles. The Morgan fingerprint density at radius 1 is 1.17 bits per heavy atom. The Labute approximate surface area is 192 Å². The van der Waals surface area contributed by atoms with Crippen LogP contribution in [0, 0.1) is 0 Å². The first-order valence-electron chi connectivity index (χ1n) is 9.96. The maximum atomic E-state index is 13.0. The number of hydrogen-bond acceptors (Lipinski definition) is 5. The van der Waals surface area contributed by atoms with Gasteiger partial charge in [0, 0.05) is 11.1 Å². The highest BCUT2D eigenvalue weighted by molar-refractivity contribution is 6.42. The van der Waals surface area contributed by atoms with Crippen molar-refractivity contribution in [1.29, 1.82) is 0 Å². The van der Waals surface area contributed by atoms with Crippen molar-refractivity contribution in [2.75, 3.05) is 5.32 Å². The van der Waals surface area contributed by atoms with Crippen LogP contribution in [-0.4, -0.2) is 32.2 Å². The molecule has 0 aliphatic heterocycles. The van der Waals surface area contributed by atoms with Gasteiger partial charge in [-0.25, -0.2) is 0 Å². The van der Waals surface area contributed by atoms with Crippen LogP contribution in [0.15, 0.2) is 24.3 Å². The van der Waals surface area contributed by atoms with Gasteiger partial charge in [0.05, 0.1) is 22.3 Å². The molecule has 0 radical (unpaired) electrons. The Bertz CT molecular complexity index is 845. The Morgan fingerprint density at radius 2 is 1.87 bits per heavy atom. The fourth-order valence-corrected chi connectivity index (χ4v) is 3.64. The third kappa shape index (κ3) is 7.54. The molecule has 7 nitrogen and oxygen atoms in total. The second-order valence-electron chi connectivity index (χ2n) is 7.11. The van der Waals surface area contributed by atoms with Crippen LogP contribution >= 0.6 is 34.8 Å². The van der Waals surface area contributed by atoms with Crippen molar-refractivity contribution < 1.29 is 4.79 Å². The molecule has 0 saturated carbocycles. The number of tetrazole rings is 1. The number of anilines is 1. The van der Waals surface area contributed by atoms with Crippen molar-refractivity contribution in [3.8, 4) is 0 Å². The monoisotopic (exact) mass is 472 g/mol. The lowest BCUT2D eigenvalue weighted by Gasteiger charge is -2.19. The van der Waals surface area contributed by atoms with Crippen LogP contribution in [0.5, 0.6) is 0 Å². The average Bonchev–Trinajstić information content (AvgIpc) is 3.13. The molecule has 1 amide bonds. The summed E-state index contributed by atoms with van der Waals surface area (Å²) in [5, 5.41) is 19.3. The Hall–Kier alpha value is -1.67. The van der Waals surface area contributed by atoms with E-state index in [-0.39, 0.29) is 33.5 Å². The van der Waals surface area contributed by atoms with Gasteiger partial charge in [-0.1, -0.05) is 53.9 Å². The Balaban J connectivity index is 2.08. The van der Waals surface area contributed by atoms with Crippen LogP contribution in [-0.2, 0) is 11.3 Å². The average molecular weight is 474 g/mol. The highest BCUT2D eigenvalue weighted by Gasteiger charge is 2.27. The molecule has 1 aromatic heterocycles. The van der Waals surface area contributed by atoms with Crippen LogP contribution in [0.4, 0.5) is 5.69 Å². The number of carbonyl (C=O) groups excluding carboxylic acids is 1. The molecule has 0 aliphatic rings. The van der Waals surface area contributed by atoms with Gasteiger partial charge in [0.25, 0.3) is 0 Å². The molecular weight excluding hydrogens is 447 g/mol. The highest BCUT2D eigenvalue weighted by Crippen LogP contribution is 2.34. The van der Waals surface area contributed by atoms with Crippen LogP contribution in [0.25, 0.3) is 0 Å². The third-order valence-electron chi connectivity index (χ3n) is 4.13. The number of aromatic nitrogens is 4. The minimum absolute atomic E-state index is 0.00853. The summed E-state index contributed by atoms with van der Waals surface area (Å²) in [5.41, 5.74) is 0.288. The van der Waals surface area contributed by atoms with Crippen molar-refractivity contribution in [3.63, 3.8) is 0 Å². The standard InChI is InChI=1S/C20H27Cl3N6O/c1-4-5-6-7-8-9-10-29-27-19(26-28-29)18(24-13(2)3)20(30)25-17-15(22)11-14(21)12-16(17)23/h5-6,11-13,18,24H,4,7-10H2,1-3H3,(H,25,30). The number of allylic oxidation sites excluding steroid dienone is 2. The number of amides is 1. The van der Waals surface area contributed by atoms with Gasteiger partial charge in [-0.3, -0.25) is 10.1 Å². The van der Waals surface area contributed by atoms with E-state index >= 15 is 0 Å². The predicted molar refractivity (Wildman–Crippen MR) is 122 cm³/mol. The summed E-state index contributed by atoms with van der Waals surface area (Å²) in [6, 6.07) is 2.22. The zero-order chi connectivity index (χ0) is 22.1. The van der Waals surface area contributed by atoms with Crippen molar-refractivity contribution >= 4 is 46.4 Å².